The Morgan fingerprint density at radius 3 is 2.56 bits per heavy atom. The average molecular weight is 350 g/mol. The largest absolute Gasteiger partial charge is 0.481 e. The summed E-state index contributed by atoms with van der Waals surface area (Å²) in [5.74, 6) is -0.433. The molecule has 4 aliphatic rings. The van der Waals surface area contributed by atoms with Crippen molar-refractivity contribution in [2.75, 3.05) is 6.61 Å². The molecule has 0 aromatic rings. The lowest BCUT2D eigenvalue weighted by Gasteiger charge is -2.64. The van der Waals surface area contributed by atoms with Crippen molar-refractivity contribution in [2.45, 2.75) is 71.3 Å². The van der Waals surface area contributed by atoms with Crippen LogP contribution in [0.1, 0.15) is 65.2 Å². The number of hydrogen-bond donors (Lipinski definition) is 3. The van der Waals surface area contributed by atoms with Crippen LogP contribution in [0.25, 0.3) is 0 Å². The predicted molar refractivity (Wildman–Crippen MR) is 90.7 cm³/mol. The molecule has 3 N–H and O–H groups in total. The van der Waals surface area contributed by atoms with Gasteiger partial charge in [0.2, 0.25) is 0 Å². The highest BCUT2D eigenvalue weighted by molar-refractivity contribution is 5.89. The number of aliphatic hydroxyl groups is 2. The zero-order chi connectivity index (χ0) is 18.3. The maximum atomic E-state index is 12.8. The summed E-state index contributed by atoms with van der Waals surface area (Å²) in [7, 11) is 0. The van der Waals surface area contributed by atoms with Crippen LogP contribution in [0.3, 0.4) is 0 Å². The lowest BCUT2D eigenvalue weighted by atomic mass is 9.40. The Morgan fingerprint density at radius 2 is 1.92 bits per heavy atom. The fourth-order valence-corrected chi connectivity index (χ4v) is 7.77. The number of carboxylic acid groups (broad SMARTS) is 1. The van der Waals surface area contributed by atoms with Gasteiger partial charge in [-0.15, -0.1) is 0 Å². The molecule has 4 rings (SSSR count). The van der Waals surface area contributed by atoms with Gasteiger partial charge in [-0.3, -0.25) is 9.59 Å². The Hall–Kier alpha value is -0.940. The normalized spacial score (nSPS) is 54.7. The SMILES string of the molecule is C[C@@]12CCC[C@@](C)(C(=O)O)[C@H]1CC[C@]13CC(=O)[C@](CO)(C1)[C@@H](O)C[C@H]32. The van der Waals surface area contributed by atoms with Crippen molar-refractivity contribution in [3.8, 4) is 0 Å². The summed E-state index contributed by atoms with van der Waals surface area (Å²) < 4.78 is 0. The van der Waals surface area contributed by atoms with Crippen LogP contribution >= 0.6 is 0 Å². The van der Waals surface area contributed by atoms with Crippen LogP contribution in [0.5, 0.6) is 0 Å². The van der Waals surface area contributed by atoms with Crippen molar-refractivity contribution in [1.82, 2.24) is 0 Å². The Bertz CT molecular complexity index is 632. The Labute approximate surface area is 148 Å². The molecular weight excluding hydrogens is 320 g/mol. The average Bonchev–Trinajstić information content (AvgIpc) is 2.79. The van der Waals surface area contributed by atoms with Gasteiger partial charge >= 0.3 is 5.97 Å². The Balaban J connectivity index is 1.77. The van der Waals surface area contributed by atoms with Crippen LogP contribution in [0, 0.1) is 33.5 Å². The number of carbonyl (C=O) groups excluding carboxylic acids is 1. The first-order chi connectivity index (χ1) is 11.6. The second-order valence-electron chi connectivity index (χ2n) is 9.93. The van der Waals surface area contributed by atoms with Crippen LogP contribution in [-0.2, 0) is 9.59 Å². The summed E-state index contributed by atoms with van der Waals surface area (Å²) in [5.41, 5.74) is -1.99. The molecule has 2 bridgehead atoms. The van der Waals surface area contributed by atoms with E-state index in [2.05, 4.69) is 6.92 Å². The highest BCUT2D eigenvalue weighted by Crippen LogP contribution is 2.72. The van der Waals surface area contributed by atoms with E-state index in [0.29, 0.717) is 25.7 Å². The van der Waals surface area contributed by atoms with E-state index >= 15 is 0 Å². The molecule has 0 aliphatic heterocycles. The van der Waals surface area contributed by atoms with E-state index < -0.39 is 22.9 Å². The molecule has 25 heavy (non-hydrogen) atoms. The molecule has 0 heterocycles. The molecule has 0 radical (unpaired) electrons. The van der Waals surface area contributed by atoms with E-state index in [4.69, 9.17) is 0 Å². The fraction of sp³-hybridized carbons (Fsp3) is 0.900. The van der Waals surface area contributed by atoms with Crippen molar-refractivity contribution in [3.63, 3.8) is 0 Å². The number of aliphatic hydroxyl groups excluding tert-OH is 2. The lowest BCUT2D eigenvalue weighted by Crippen LogP contribution is -2.60. The lowest BCUT2D eigenvalue weighted by molar-refractivity contribution is -0.195. The van der Waals surface area contributed by atoms with E-state index in [0.717, 1.165) is 25.7 Å². The summed E-state index contributed by atoms with van der Waals surface area (Å²) in [6, 6.07) is 0. The van der Waals surface area contributed by atoms with Crippen LogP contribution < -0.4 is 0 Å². The molecule has 0 saturated heterocycles. The fourth-order valence-electron chi connectivity index (χ4n) is 7.77. The molecule has 4 fully saturated rings. The van der Waals surface area contributed by atoms with E-state index in [1.54, 1.807) is 0 Å². The molecule has 5 heteroatoms. The first-order valence-corrected chi connectivity index (χ1v) is 9.70. The van der Waals surface area contributed by atoms with Crippen molar-refractivity contribution in [2.24, 2.45) is 33.5 Å². The van der Waals surface area contributed by atoms with Gasteiger partial charge in [-0.25, -0.2) is 0 Å². The van der Waals surface area contributed by atoms with Gasteiger partial charge in [0, 0.05) is 6.42 Å². The van der Waals surface area contributed by atoms with Crippen LogP contribution in [0.15, 0.2) is 0 Å². The Kier molecular flexibility index (Phi) is 3.54. The summed E-state index contributed by atoms with van der Waals surface area (Å²) in [4.78, 5) is 24.8. The minimum absolute atomic E-state index is 0.0175. The van der Waals surface area contributed by atoms with Crippen LogP contribution in [0.2, 0.25) is 0 Å². The minimum atomic E-state index is -0.968. The number of Topliss-reactive ketones (excluding diaryl/α,β-unsaturated/α-hetero) is 1. The van der Waals surface area contributed by atoms with E-state index in [1.165, 1.54) is 0 Å². The minimum Gasteiger partial charge on any atom is -0.481 e. The monoisotopic (exact) mass is 350 g/mol. The first-order valence-electron chi connectivity index (χ1n) is 9.70. The highest BCUT2D eigenvalue weighted by atomic mass is 16.4. The van der Waals surface area contributed by atoms with Gasteiger partial charge in [-0.2, -0.15) is 0 Å². The molecule has 4 saturated carbocycles. The molecule has 140 valence electrons. The number of carbonyl (C=O) groups is 2. The number of fused-ring (bicyclic) bond motifs is 3. The summed E-state index contributed by atoms with van der Waals surface area (Å²) in [5, 5.41) is 30.6. The second kappa shape index (κ2) is 5.07. The molecule has 1 spiro atoms. The van der Waals surface area contributed by atoms with Crippen LogP contribution in [0.4, 0.5) is 0 Å². The third-order valence-electron chi connectivity index (χ3n) is 9.05. The van der Waals surface area contributed by atoms with Gasteiger partial charge in [0.05, 0.1) is 23.5 Å². The summed E-state index contributed by atoms with van der Waals surface area (Å²) in [6.45, 7) is 3.84. The molecule has 0 amide bonds. The third-order valence-corrected chi connectivity index (χ3v) is 9.05. The zero-order valence-electron chi connectivity index (χ0n) is 15.3. The summed E-state index contributed by atoms with van der Waals surface area (Å²) >= 11 is 0. The summed E-state index contributed by atoms with van der Waals surface area (Å²) in [6.07, 6.45) is 4.99. The Morgan fingerprint density at radius 1 is 1.20 bits per heavy atom. The molecule has 0 unspecified atom stereocenters. The van der Waals surface area contributed by atoms with Crippen molar-refractivity contribution in [3.05, 3.63) is 0 Å². The van der Waals surface area contributed by atoms with E-state index in [9.17, 15) is 24.9 Å². The quantitative estimate of drug-likeness (QED) is 0.711. The van der Waals surface area contributed by atoms with Crippen molar-refractivity contribution >= 4 is 11.8 Å². The standard InChI is InChI=1S/C20H30O5/c1-17-5-3-6-18(2,16(24)25)12(17)4-7-19-9-15(23)20(10-19,11-21)14(22)8-13(17)19/h12-14,21-22H,3-11H2,1-2H3,(H,24,25)/t12-,13-,14-,17+,18+,19-,20-/m0/s1. The maximum Gasteiger partial charge on any atom is 0.309 e. The van der Waals surface area contributed by atoms with Gasteiger partial charge in [-0.05, 0) is 68.1 Å². The molecular formula is C20H30O5. The van der Waals surface area contributed by atoms with E-state index in [-0.39, 0.29) is 35.1 Å². The van der Waals surface area contributed by atoms with E-state index in [1.807, 2.05) is 6.92 Å². The molecule has 0 aromatic heterocycles. The number of hydrogen-bond acceptors (Lipinski definition) is 4. The second-order valence-corrected chi connectivity index (χ2v) is 9.93. The smallest absolute Gasteiger partial charge is 0.309 e. The van der Waals surface area contributed by atoms with Gasteiger partial charge in [0.15, 0.2) is 0 Å². The number of ketones is 1. The predicted octanol–water partition coefficient (Wildman–Crippen LogP) is 2.39. The molecule has 7 atom stereocenters. The van der Waals surface area contributed by atoms with Crippen molar-refractivity contribution in [1.29, 1.82) is 0 Å². The first kappa shape index (κ1) is 17.5. The van der Waals surface area contributed by atoms with Gasteiger partial charge in [0.1, 0.15) is 5.78 Å². The topological polar surface area (TPSA) is 94.8 Å². The van der Waals surface area contributed by atoms with Crippen LogP contribution in [-0.4, -0.2) is 39.8 Å². The van der Waals surface area contributed by atoms with Crippen molar-refractivity contribution < 1.29 is 24.9 Å². The van der Waals surface area contributed by atoms with Gasteiger partial charge in [0.25, 0.3) is 0 Å². The molecule has 0 aromatic carbocycles. The van der Waals surface area contributed by atoms with Gasteiger partial charge < -0.3 is 15.3 Å². The molecule has 4 aliphatic carbocycles. The third kappa shape index (κ3) is 1.92. The number of aliphatic carboxylic acids is 1. The number of carboxylic acids is 1. The number of rotatable bonds is 2. The van der Waals surface area contributed by atoms with Gasteiger partial charge in [-0.1, -0.05) is 13.3 Å². The maximum absolute atomic E-state index is 12.8. The highest BCUT2D eigenvalue weighted by Gasteiger charge is 2.71. The zero-order valence-corrected chi connectivity index (χ0v) is 15.3. The molecule has 5 nitrogen and oxygen atoms in total.